The van der Waals surface area contributed by atoms with E-state index >= 15 is 0 Å². The molecule has 0 aromatic heterocycles. The fraction of sp³-hybridized carbons (Fsp3) is 0.462. The normalized spacial score (nSPS) is 16.4. The van der Waals surface area contributed by atoms with Crippen LogP contribution in [0.5, 0.6) is 5.75 Å². The SMILES string of the molecule is O=C(c1ccc(O)c([N+](=O)[O-])c1)C1CCCCC1. The number of nitro benzene ring substituents is 1. The number of hydrogen-bond donors (Lipinski definition) is 1. The molecule has 1 aromatic rings. The predicted octanol–water partition coefficient (Wildman–Crippen LogP) is 3.06. The molecule has 1 N–H and O–H groups in total. The number of nitrogens with zero attached hydrogens (tertiary/aromatic N) is 1. The quantitative estimate of drug-likeness (QED) is 0.507. The fourth-order valence-electron chi connectivity index (χ4n) is 2.42. The van der Waals surface area contributed by atoms with Crippen LogP contribution in [0.3, 0.4) is 0 Å². The molecule has 1 fully saturated rings. The monoisotopic (exact) mass is 249 g/mol. The Morgan fingerprint density at radius 3 is 2.56 bits per heavy atom. The Morgan fingerprint density at radius 2 is 1.94 bits per heavy atom. The molecule has 0 radical (unpaired) electrons. The lowest BCUT2D eigenvalue weighted by atomic mass is 9.84. The Bertz CT molecular complexity index is 478. The maximum absolute atomic E-state index is 12.2. The second-order valence-electron chi connectivity index (χ2n) is 4.66. The summed E-state index contributed by atoms with van der Waals surface area (Å²) in [7, 11) is 0. The summed E-state index contributed by atoms with van der Waals surface area (Å²) >= 11 is 0. The van der Waals surface area contributed by atoms with E-state index in [1.165, 1.54) is 18.2 Å². The van der Waals surface area contributed by atoms with Crippen molar-refractivity contribution in [2.24, 2.45) is 5.92 Å². The number of carbonyl (C=O) groups is 1. The summed E-state index contributed by atoms with van der Waals surface area (Å²) in [6.45, 7) is 0. The summed E-state index contributed by atoms with van der Waals surface area (Å²) < 4.78 is 0. The van der Waals surface area contributed by atoms with Crippen LogP contribution in [0.25, 0.3) is 0 Å². The third-order valence-corrected chi connectivity index (χ3v) is 3.43. The van der Waals surface area contributed by atoms with Crippen molar-refractivity contribution in [1.29, 1.82) is 0 Å². The van der Waals surface area contributed by atoms with Crippen LogP contribution in [0.2, 0.25) is 0 Å². The van der Waals surface area contributed by atoms with Crippen LogP contribution in [-0.4, -0.2) is 15.8 Å². The molecule has 2 rings (SSSR count). The third kappa shape index (κ3) is 2.50. The summed E-state index contributed by atoms with van der Waals surface area (Å²) in [6, 6.07) is 3.85. The van der Waals surface area contributed by atoms with Crippen LogP contribution in [0.4, 0.5) is 5.69 Å². The van der Waals surface area contributed by atoms with Crippen molar-refractivity contribution in [3.8, 4) is 5.75 Å². The van der Waals surface area contributed by atoms with Crippen LogP contribution in [0, 0.1) is 16.0 Å². The van der Waals surface area contributed by atoms with Gasteiger partial charge in [-0.1, -0.05) is 19.3 Å². The highest BCUT2D eigenvalue weighted by atomic mass is 16.6. The third-order valence-electron chi connectivity index (χ3n) is 3.43. The van der Waals surface area contributed by atoms with Gasteiger partial charge >= 0.3 is 5.69 Å². The highest BCUT2D eigenvalue weighted by Gasteiger charge is 2.24. The van der Waals surface area contributed by atoms with Crippen molar-refractivity contribution in [1.82, 2.24) is 0 Å². The summed E-state index contributed by atoms with van der Waals surface area (Å²) in [5.74, 6) is -0.471. The summed E-state index contributed by atoms with van der Waals surface area (Å²) in [5.41, 5.74) is -0.0805. The molecule has 1 saturated carbocycles. The molecule has 1 aliphatic carbocycles. The van der Waals surface area contributed by atoms with Gasteiger partial charge in [-0.05, 0) is 25.0 Å². The van der Waals surface area contributed by atoms with Gasteiger partial charge in [-0.3, -0.25) is 14.9 Å². The van der Waals surface area contributed by atoms with E-state index in [-0.39, 0.29) is 11.7 Å². The number of ketones is 1. The van der Waals surface area contributed by atoms with E-state index < -0.39 is 16.4 Å². The predicted molar refractivity (Wildman–Crippen MR) is 65.7 cm³/mol. The fourth-order valence-corrected chi connectivity index (χ4v) is 2.42. The molecule has 0 heterocycles. The minimum Gasteiger partial charge on any atom is -0.502 e. The number of hydrogen-bond acceptors (Lipinski definition) is 4. The molecule has 0 saturated heterocycles. The van der Waals surface area contributed by atoms with Gasteiger partial charge in [0.1, 0.15) is 0 Å². The molecule has 5 nitrogen and oxygen atoms in total. The summed E-state index contributed by atoms with van der Waals surface area (Å²) in [4.78, 5) is 22.2. The molecule has 0 aliphatic heterocycles. The van der Waals surface area contributed by atoms with Gasteiger partial charge < -0.3 is 5.11 Å². The maximum atomic E-state index is 12.2. The van der Waals surface area contributed by atoms with Crippen LogP contribution in [-0.2, 0) is 0 Å². The molecular formula is C13H15NO4. The number of aromatic hydroxyl groups is 1. The molecular weight excluding hydrogens is 234 g/mol. The van der Waals surface area contributed by atoms with Gasteiger partial charge in [0.15, 0.2) is 11.5 Å². The number of phenols is 1. The van der Waals surface area contributed by atoms with Crippen LogP contribution >= 0.6 is 0 Å². The molecule has 0 unspecified atom stereocenters. The molecule has 5 heteroatoms. The number of Topliss-reactive ketones (excluding diaryl/α,β-unsaturated/α-hetero) is 1. The Hall–Kier alpha value is -1.91. The zero-order valence-electron chi connectivity index (χ0n) is 9.96. The second-order valence-corrected chi connectivity index (χ2v) is 4.66. The molecule has 0 amide bonds. The van der Waals surface area contributed by atoms with Crippen LogP contribution in [0.1, 0.15) is 42.5 Å². The smallest absolute Gasteiger partial charge is 0.311 e. The van der Waals surface area contributed by atoms with Gasteiger partial charge in [0, 0.05) is 17.5 Å². The largest absolute Gasteiger partial charge is 0.502 e. The number of benzene rings is 1. The lowest BCUT2D eigenvalue weighted by Crippen LogP contribution is -2.17. The maximum Gasteiger partial charge on any atom is 0.311 e. The standard InChI is InChI=1S/C13H15NO4/c15-12-7-6-10(8-11(12)14(17)18)13(16)9-4-2-1-3-5-9/h6-9,15H,1-5H2. The Balaban J connectivity index is 2.24. The van der Waals surface area contributed by atoms with E-state index in [1.807, 2.05) is 0 Å². The lowest BCUT2D eigenvalue weighted by Gasteiger charge is -2.20. The van der Waals surface area contributed by atoms with Gasteiger partial charge in [0.2, 0.25) is 0 Å². The van der Waals surface area contributed by atoms with Crippen molar-refractivity contribution < 1.29 is 14.8 Å². The molecule has 0 bridgehead atoms. The molecule has 18 heavy (non-hydrogen) atoms. The van der Waals surface area contributed by atoms with Crippen molar-refractivity contribution in [2.75, 3.05) is 0 Å². The van der Waals surface area contributed by atoms with Crippen LogP contribution < -0.4 is 0 Å². The Morgan fingerprint density at radius 1 is 1.28 bits per heavy atom. The van der Waals surface area contributed by atoms with E-state index in [1.54, 1.807) is 0 Å². The number of phenolic OH excluding ortho intramolecular Hbond substituents is 1. The average Bonchev–Trinajstić information content (AvgIpc) is 2.39. The number of nitro groups is 1. The molecule has 0 spiro atoms. The molecule has 96 valence electrons. The van der Waals surface area contributed by atoms with Crippen molar-refractivity contribution in [3.05, 3.63) is 33.9 Å². The van der Waals surface area contributed by atoms with Crippen molar-refractivity contribution in [2.45, 2.75) is 32.1 Å². The highest BCUT2D eigenvalue weighted by molar-refractivity contribution is 5.98. The van der Waals surface area contributed by atoms with Gasteiger partial charge in [-0.15, -0.1) is 0 Å². The van der Waals surface area contributed by atoms with Gasteiger partial charge in [0.25, 0.3) is 0 Å². The molecule has 1 aliphatic rings. The highest BCUT2D eigenvalue weighted by Crippen LogP contribution is 2.31. The van der Waals surface area contributed by atoms with Crippen molar-refractivity contribution >= 4 is 11.5 Å². The first-order chi connectivity index (χ1) is 8.59. The molecule has 0 atom stereocenters. The number of carbonyl (C=O) groups excluding carboxylic acids is 1. The minimum absolute atomic E-state index is 0.0251. The second kappa shape index (κ2) is 5.16. The van der Waals surface area contributed by atoms with Crippen LogP contribution in [0.15, 0.2) is 18.2 Å². The molecule has 1 aromatic carbocycles. The van der Waals surface area contributed by atoms with Crippen molar-refractivity contribution in [3.63, 3.8) is 0 Å². The van der Waals surface area contributed by atoms with E-state index in [9.17, 15) is 20.0 Å². The average molecular weight is 249 g/mol. The Kier molecular flexibility index (Phi) is 3.60. The van der Waals surface area contributed by atoms with E-state index in [2.05, 4.69) is 0 Å². The van der Waals surface area contributed by atoms with Gasteiger partial charge in [-0.2, -0.15) is 0 Å². The zero-order valence-corrected chi connectivity index (χ0v) is 9.96. The topological polar surface area (TPSA) is 80.4 Å². The first-order valence-electron chi connectivity index (χ1n) is 6.11. The van der Waals surface area contributed by atoms with E-state index in [4.69, 9.17) is 0 Å². The first kappa shape index (κ1) is 12.5. The van der Waals surface area contributed by atoms with E-state index in [0.29, 0.717) is 5.56 Å². The zero-order chi connectivity index (χ0) is 13.1. The number of rotatable bonds is 3. The first-order valence-corrected chi connectivity index (χ1v) is 6.11. The van der Waals surface area contributed by atoms with E-state index in [0.717, 1.165) is 32.1 Å². The Labute approximate surface area is 105 Å². The van der Waals surface area contributed by atoms with Gasteiger partial charge in [-0.25, -0.2) is 0 Å². The summed E-state index contributed by atoms with van der Waals surface area (Å²) in [5, 5.41) is 20.1. The summed E-state index contributed by atoms with van der Waals surface area (Å²) in [6.07, 6.45) is 4.94. The lowest BCUT2D eigenvalue weighted by molar-refractivity contribution is -0.385. The minimum atomic E-state index is -0.674. The van der Waals surface area contributed by atoms with Gasteiger partial charge in [0.05, 0.1) is 4.92 Å².